The van der Waals surface area contributed by atoms with Crippen LogP contribution in [-0.2, 0) is 9.53 Å². The number of carbonyl (C=O) groups is 1. The summed E-state index contributed by atoms with van der Waals surface area (Å²) in [4.78, 5) is 12.0. The fourth-order valence-corrected chi connectivity index (χ4v) is 3.31. The van der Waals surface area contributed by atoms with Crippen LogP contribution in [0.5, 0.6) is 0 Å². The first kappa shape index (κ1) is 16.9. The largest absolute Gasteiger partial charge is 0.376 e. The highest BCUT2D eigenvalue weighted by Gasteiger charge is 2.17. The third-order valence-corrected chi connectivity index (χ3v) is 5.05. The molecule has 1 aromatic heterocycles. The molecule has 24 heavy (non-hydrogen) atoms. The van der Waals surface area contributed by atoms with Crippen molar-refractivity contribution < 1.29 is 9.53 Å². The average Bonchev–Trinajstić information content (AvgIpc) is 3.25. The van der Waals surface area contributed by atoms with Crippen molar-refractivity contribution in [2.45, 2.75) is 37.9 Å². The van der Waals surface area contributed by atoms with Gasteiger partial charge in [0.25, 0.3) is 0 Å². The number of rotatable bonds is 6. The molecule has 1 atom stereocenters. The summed E-state index contributed by atoms with van der Waals surface area (Å²) in [6.07, 6.45) is 2.23. The van der Waals surface area contributed by atoms with Crippen molar-refractivity contribution in [2.75, 3.05) is 18.9 Å². The van der Waals surface area contributed by atoms with Gasteiger partial charge in [0.15, 0.2) is 0 Å². The van der Waals surface area contributed by atoms with Gasteiger partial charge in [-0.05, 0) is 54.3 Å². The number of tetrazole rings is 1. The number of aryl methyl sites for hydroxylation is 1. The minimum Gasteiger partial charge on any atom is -0.376 e. The van der Waals surface area contributed by atoms with Gasteiger partial charge in [0, 0.05) is 13.2 Å². The van der Waals surface area contributed by atoms with Crippen molar-refractivity contribution in [1.29, 1.82) is 0 Å². The van der Waals surface area contributed by atoms with E-state index in [0.29, 0.717) is 11.7 Å². The van der Waals surface area contributed by atoms with Crippen LogP contribution < -0.4 is 5.32 Å². The smallest absolute Gasteiger partial charge is 0.230 e. The summed E-state index contributed by atoms with van der Waals surface area (Å²) in [7, 11) is 0. The highest BCUT2D eigenvalue weighted by Crippen LogP contribution is 2.22. The monoisotopic (exact) mass is 347 g/mol. The van der Waals surface area contributed by atoms with E-state index in [0.717, 1.165) is 30.7 Å². The molecule has 1 aromatic carbocycles. The van der Waals surface area contributed by atoms with E-state index in [1.807, 2.05) is 19.1 Å². The van der Waals surface area contributed by atoms with Crippen LogP contribution in [0.2, 0.25) is 0 Å². The predicted octanol–water partition coefficient (Wildman–Crippen LogP) is 1.67. The summed E-state index contributed by atoms with van der Waals surface area (Å²) in [6.45, 7) is 5.45. The Morgan fingerprint density at radius 1 is 1.46 bits per heavy atom. The number of benzene rings is 1. The van der Waals surface area contributed by atoms with Gasteiger partial charge < -0.3 is 10.1 Å². The Bertz CT molecular complexity index is 712. The van der Waals surface area contributed by atoms with E-state index < -0.39 is 0 Å². The maximum absolute atomic E-state index is 12.0. The SMILES string of the molecule is Cc1cccc(-n2nnnc2SCC(=O)NC[C@@H]2CCCO2)c1C. The van der Waals surface area contributed by atoms with Gasteiger partial charge in [0.1, 0.15) is 0 Å². The van der Waals surface area contributed by atoms with Crippen LogP contribution in [0.1, 0.15) is 24.0 Å². The quantitative estimate of drug-likeness (QED) is 0.801. The molecule has 1 saturated heterocycles. The van der Waals surface area contributed by atoms with Crippen LogP contribution in [-0.4, -0.2) is 51.1 Å². The minimum atomic E-state index is -0.0361. The molecule has 2 heterocycles. The van der Waals surface area contributed by atoms with Gasteiger partial charge in [-0.15, -0.1) is 5.10 Å². The predicted molar refractivity (Wildman–Crippen MR) is 91.3 cm³/mol. The maximum Gasteiger partial charge on any atom is 0.230 e. The zero-order chi connectivity index (χ0) is 16.9. The number of thioether (sulfide) groups is 1. The molecule has 1 aliphatic heterocycles. The molecular weight excluding hydrogens is 326 g/mol. The van der Waals surface area contributed by atoms with Gasteiger partial charge in [-0.2, -0.15) is 4.68 Å². The minimum absolute atomic E-state index is 0.0361. The molecule has 0 unspecified atom stereocenters. The van der Waals surface area contributed by atoms with Crippen molar-refractivity contribution in [1.82, 2.24) is 25.5 Å². The summed E-state index contributed by atoms with van der Waals surface area (Å²) < 4.78 is 7.18. The van der Waals surface area contributed by atoms with E-state index >= 15 is 0 Å². The van der Waals surface area contributed by atoms with Crippen molar-refractivity contribution in [2.24, 2.45) is 0 Å². The fourth-order valence-electron chi connectivity index (χ4n) is 2.60. The average molecular weight is 347 g/mol. The molecule has 0 spiro atoms. The highest BCUT2D eigenvalue weighted by atomic mass is 32.2. The topological polar surface area (TPSA) is 81.9 Å². The van der Waals surface area contributed by atoms with E-state index in [1.54, 1.807) is 4.68 Å². The number of nitrogens with zero attached hydrogens (tertiary/aromatic N) is 4. The molecule has 2 aromatic rings. The van der Waals surface area contributed by atoms with E-state index in [1.165, 1.54) is 17.3 Å². The molecule has 7 nitrogen and oxygen atoms in total. The molecular formula is C16H21N5O2S. The van der Waals surface area contributed by atoms with Crippen molar-refractivity contribution >= 4 is 17.7 Å². The van der Waals surface area contributed by atoms with Gasteiger partial charge in [-0.1, -0.05) is 23.9 Å². The van der Waals surface area contributed by atoms with Crippen LogP contribution in [0.4, 0.5) is 0 Å². The molecule has 0 aliphatic carbocycles. The molecule has 1 amide bonds. The van der Waals surface area contributed by atoms with Crippen LogP contribution in [0.3, 0.4) is 0 Å². The Hall–Kier alpha value is -1.93. The molecule has 1 N–H and O–H groups in total. The number of nitrogens with one attached hydrogen (secondary N) is 1. The second-order valence-corrected chi connectivity index (χ2v) is 6.76. The Kier molecular flexibility index (Phi) is 5.47. The van der Waals surface area contributed by atoms with E-state index in [9.17, 15) is 4.79 Å². The zero-order valence-corrected chi connectivity index (χ0v) is 14.7. The van der Waals surface area contributed by atoms with Gasteiger partial charge in [0.2, 0.25) is 11.1 Å². The third-order valence-electron chi connectivity index (χ3n) is 4.13. The normalized spacial score (nSPS) is 17.2. The van der Waals surface area contributed by atoms with Crippen LogP contribution in [0.25, 0.3) is 5.69 Å². The second-order valence-electron chi connectivity index (χ2n) is 5.82. The van der Waals surface area contributed by atoms with Gasteiger partial charge in [0.05, 0.1) is 17.5 Å². The molecule has 128 valence electrons. The molecule has 3 rings (SSSR count). The van der Waals surface area contributed by atoms with Gasteiger partial charge >= 0.3 is 0 Å². The lowest BCUT2D eigenvalue weighted by molar-refractivity contribution is -0.119. The van der Waals surface area contributed by atoms with Gasteiger partial charge in [-0.3, -0.25) is 4.79 Å². The number of amides is 1. The van der Waals surface area contributed by atoms with E-state index in [4.69, 9.17) is 4.74 Å². The van der Waals surface area contributed by atoms with Crippen molar-refractivity contribution in [3.05, 3.63) is 29.3 Å². The van der Waals surface area contributed by atoms with Crippen LogP contribution >= 0.6 is 11.8 Å². The lowest BCUT2D eigenvalue weighted by atomic mass is 10.1. The summed E-state index contributed by atoms with van der Waals surface area (Å²) >= 11 is 1.33. The maximum atomic E-state index is 12.0. The molecule has 1 fully saturated rings. The standard InChI is InChI=1S/C16H21N5O2S/c1-11-5-3-7-14(12(11)2)21-16(18-19-20-21)24-10-15(22)17-9-13-6-4-8-23-13/h3,5,7,13H,4,6,8-10H2,1-2H3,(H,17,22)/t13-/m0/s1. The summed E-state index contributed by atoms with van der Waals surface area (Å²) in [5, 5.41) is 15.3. The zero-order valence-electron chi connectivity index (χ0n) is 13.9. The summed E-state index contributed by atoms with van der Waals surface area (Å²) in [6, 6.07) is 6.00. The molecule has 8 heteroatoms. The third kappa shape index (κ3) is 3.93. The van der Waals surface area contributed by atoms with Crippen LogP contribution in [0, 0.1) is 13.8 Å². The van der Waals surface area contributed by atoms with E-state index in [2.05, 4.69) is 33.8 Å². The Balaban J connectivity index is 1.59. The van der Waals surface area contributed by atoms with Gasteiger partial charge in [-0.25, -0.2) is 0 Å². The first-order valence-corrected chi connectivity index (χ1v) is 9.00. The van der Waals surface area contributed by atoms with E-state index in [-0.39, 0.29) is 17.8 Å². The number of hydrogen-bond donors (Lipinski definition) is 1. The lowest BCUT2D eigenvalue weighted by Gasteiger charge is -2.11. The Labute approximate surface area is 145 Å². The second kappa shape index (κ2) is 7.76. The number of hydrogen-bond acceptors (Lipinski definition) is 6. The van der Waals surface area contributed by atoms with Crippen molar-refractivity contribution in [3.8, 4) is 5.69 Å². The first-order valence-electron chi connectivity index (χ1n) is 8.01. The van der Waals surface area contributed by atoms with Crippen molar-refractivity contribution in [3.63, 3.8) is 0 Å². The Morgan fingerprint density at radius 2 is 2.33 bits per heavy atom. The molecule has 0 saturated carbocycles. The fraction of sp³-hybridized carbons (Fsp3) is 0.500. The highest BCUT2D eigenvalue weighted by molar-refractivity contribution is 7.99. The molecule has 0 radical (unpaired) electrons. The number of carbonyl (C=O) groups excluding carboxylic acids is 1. The molecule has 1 aliphatic rings. The number of ether oxygens (including phenoxy) is 1. The summed E-state index contributed by atoms with van der Waals surface area (Å²) in [5.41, 5.74) is 3.23. The first-order chi connectivity index (χ1) is 11.6. The molecule has 0 bridgehead atoms. The lowest BCUT2D eigenvalue weighted by Crippen LogP contribution is -2.32. The Morgan fingerprint density at radius 3 is 3.12 bits per heavy atom. The van der Waals surface area contributed by atoms with Crippen LogP contribution in [0.15, 0.2) is 23.4 Å². The number of aromatic nitrogens is 4. The summed E-state index contributed by atoms with van der Waals surface area (Å²) in [5.74, 6) is 0.240.